The number of benzene rings is 1. The average molecular weight is 252 g/mol. The van der Waals surface area contributed by atoms with Gasteiger partial charge in [0.2, 0.25) is 0 Å². The van der Waals surface area contributed by atoms with Crippen molar-refractivity contribution in [2.45, 2.75) is 32.7 Å². The zero-order chi connectivity index (χ0) is 13.8. The second-order valence-corrected chi connectivity index (χ2v) is 4.48. The van der Waals surface area contributed by atoms with Crippen LogP contribution in [0.5, 0.6) is 0 Å². The second-order valence-electron chi connectivity index (χ2n) is 4.48. The third kappa shape index (κ3) is 3.05. The van der Waals surface area contributed by atoms with Crippen LogP contribution in [-0.2, 0) is 6.42 Å². The zero-order valence-electron chi connectivity index (χ0n) is 11.0. The molecule has 0 saturated carbocycles. The number of likely N-dealkylation sites (N-methyl/N-ethyl adjacent to an activating group) is 1. The van der Waals surface area contributed by atoms with Crippen molar-refractivity contribution in [3.63, 3.8) is 0 Å². The first-order valence-corrected chi connectivity index (χ1v) is 6.07. The molecule has 1 atom stereocenters. The van der Waals surface area contributed by atoms with E-state index in [1.807, 2.05) is 25.7 Å². The van der Waals surface area contributed by atoms with Gasteiger partial charge in [0.15, 0.2) is 11.6 Å². The molecule has 0 aromatic heterocycles. The molecule has 0 aliphatic heterocycles. The first-order chi connectivity index (χ1) is 8.46. The smallest absolute Gasteiger partial charge is 0.159 e. The molecule has 0 fully saturated rings. The van der Waals surface area contributed by atoms with Gasteiger partial charge in [-0.3, -0.25) is 4.90 Å². The highest BCUT2D eigenvalue weighted by Crippen LogP contribution is 2.21. The summed E-state index contributed by atoms with van der Waals surface area (Å²) in [6.07, 6.45) is 0.377. The zero-order valence-corrected chi connectivity index (χ0v) is 11.0. The van der Waals surface area contributed by atoms with Gasteiger partial charge in [0, 0.05) is 6.42 Å². The lowest BCUT2D eigenvalue weighted by atomic mass is 9.92. The predicted octanol–water partition coefficient (Wildman–Crippen LogP) is 3.13. The van der Waals surface area contributed by atoms with E-state index in [1.165, 1.54) is 6.07 Å². The van der Waals surface area contributed by atoms with Gasteiger partial charge in [-0.05, 0) is 37.7 Å². The van der Waals surface area contributed by atoms with Gasteiger partial charge in [-0.15, -0.1) is 0 Å². The van der Waals surface area contributed by atoms with Gasteiger partial charge < -0.3 is 0 Å². The lowest BCUT2D eigenvalue weighted by Gasteiger charge is -2.34. The Morgan fingerprint density at radius 3 is 2.28 bits per heavy atom. The van der Waals surface area contributed by atoms with Gasteiger partial charge in [0.1, 0.15) is 5.54 Å². The van der Waals surface area contributed by atoms with E-state index in [0.717, 1.165) is 25.2 Å². The number of hydrogen-bond donors (Lipinski definition) is 0. The van der Waals surface area contributed by atoms with Crippen molar-refractivity contribution < 1.29 is 8.78 Å². The molecule has 4 heteroatoms. The fraction of sp³-hybridized carbons (Fsp3) is 0.500. The molecule has 1 aromatic carbocycles. The van der Waals surface area contributed by atoms with Gasteiger partial charge in [0.25, 0.3) is 0 Å². The summed E-state index contributed by atoms with van der Waals surface area (Å²) >= 11 is 0. The Kier molecular flexibility index (Phi) is 4.80. The first-order valence-electron chi connectivity index (χ1n) is 6.07. The van der Waals surface area contributed by atoms with Crippen molar-refractivity contribution in [1.29, 1.82) is 5.26 Å². The summed E-state index contributed by atoms with van der Waals surface area (Å²) in [6.45, 7) is 7.25. The summed E-state index contributed by atoms with van der Waals surface area (Å²) in [7, 11) is 0. The molecule has 0 N–H and O–H groups in total. The normalized spacial score (nSPS) is 14.3. The maximum atomic E-state index is 13.2. The van der Waals surface area contributed by atoms with E-state index in [0.29, 0.717) is 12.0 Å². The van der Waals surface area contributed by atoms with Crippen LogP contribution >= 0.6 is 0 Å². The number of hydrogen-bond acceptors (Lipinski definition) is 2. The molecule has 1 rings (SSSR count). The molecule has 1 aromatic rings. The molecule has 0 aliphatic rings. The second kappa shape index (κ2) is 5.92. The molecule has 98 valence electrons. The SMILES string of the molecule is CCN(CC)C(C)(C#N)Cc1ccc(F)c(F)c1. The predicted molar refractivity (Wildman–Crippen MR) is 67.0 cm³/mol. The molecular weight excluding hydrogens is 234 g/mol. The van der Waals surface area contributed by atoms with E-state index < -0.39 is 17.2 Å². The number of nitriles is 1. The monoisotopic (exact) mass is 252 g/mol. The average Bonchev–Trinajstić information content (AvgIpc) is 2.35. The molecule has 0 radical (unpaired) electrons. The third-order valence-electron chi connectivity index (χ3n) is 3.23. The molecule has 0 bridgehead atoms. The first kappa shape index (κ1) is 14.6. The minimum atomic E-state index is -0.868. The maximum absolute atomic E-state index is 13.2. The Bertz CT molecular complexity index is 450. The van der Waals surface area contributed by atoms with Crippen molar-refractivity contribution in [1.82, 2.24) is 4.90 Å². The van der Waals surface area contributed by atoms with E-state index in [9.17, 15) is 14.0 Å². The lowest BCUT2D eigenvalue weighted by Crippen LogP contribution is -2.46. The molecule has 0 saturated heterocycles. The molecule has 0 heterocycles. The summed E-state index contributed by atoms with van der Waals surface area (Å²) in [5, 5.41) is 9.34. The van der Waals surface area contributed by atoms with Crippen LogP contribution in [0, 0.1) is 23.0 Å². The molecular formula is C14H18F2N2. The molecule has 0 aliphatic carbocycles. The van der Waals surface area contributed by atoms with Gasteiger partial charge >= 0.3 is 0 Å². The minimum Gasteiger partial charge on any atom is -0.286 e. The number of halogens is 2. The van der Waals surface area contributed by atoms with E-state index in [2.05, 4.69) is 6.07 Å². The third-order valence-corrected chi connectivity index (χ3v) is 3.23. The Morgan fingerprint density at radius 2 is 1.83 bits per heavy atom. The van der Waals surface area contributed by atoms with Crippen LogP contribution in [0.1, 0.15) is 26.3 Å². The molecule has 0 spiro atoms. The maximum Gasteiger partial charge on any atom is 0.159 e. The van der Waals surface area contributed by atoms with Gasteiger partial charge in [-0.1, -0.05) is 19.9 Å². The summed E-state index contributed by atoms with van der Waals surface area (Å²) in [4.78, 5) is 2.01. The van der Waals surface area contributed by atoms with Crippen molar-refractivity contribution in [2.75, 3.05) is 13.1 Å². The standard InChI is InChI=1S/C14H18F2N2/c1-4-18(5-2)14(3,10-17)9-11-6-7-12(15)13(16)8-11/h6-8H,4-5,9H2,1-3H3. The Morgan fingerprint density at radius 1 is 1.22 bits per heavy atom. The summed E-state index contributed by atoms with van der Waals surface area (Å²) < 4.78 is 26.0. The number of nitrogens with zero attached hydrogens (tertiary/aromatic N) is 2. The lowest BCUT2D eigenvalue weighted by molar-refractivity contribution is 0.169. The highest BCUT2D eigenvalue weighted by molar-refractivity contribution is 5.23. The minimum absolute atomic E-state index is 0.377. The van der Waals surface area contributed by atoms with Crippen molar-refractivity contribution in [2.24, 2.45) is 0 Å². The Balaban J connectivity index is 2.98. The van der Waals surface area contributed by atoms with Crippen LogP contribution in [0.25, 0.3) is 0 Å². The van der Waals surface area contributed by atoms with Crippen LogP contribution in [0.2, 0.25) is 0 Å². The van der Waals surface area contributed by atoms with E-state index in [4.69, 9.17) is 0 Å². The van der Waals surface area contributed by atoms with E-state index >= 15 is 0 Å². The topological polar surface area (TPSA) is 27.0 Å². The quantitative estimate of drug-likeness (QED) is 0.805. The molecule has 0 amide bonds. The molecule has 1 unspecified atom stereocenters. The van der Waals surface area contributed by atoms with Gasteiger partial charge in [-0.2, -0.15) is 5.26 Å². The van der Waals surface area contributed by atoms with Crippen LogP contribution in [0.15, 0.2) is 18.2 Å². The largest absolute Gasteiger partial charge is 0.286 e. The van der Waals surface area contributed by atoms with Crippen LogP contribution < -0.4 is 0 Å². The summed E-state index contributed by atoms with van der Waals surface area (Å²) in [5.74, 6) is -1.73. The highest BCUT2D eigenvalue weighted by atomic mass is 19.2. The highest BCUT2D eigenvalue weighted by Gasteiger charge is 2.30. The fourth-order valence-electron chi connectivity index (χ4n) is 2.19. The van der Waals surface area contributed by atoms with Crippen LogP contribution in [-0.4, -0.2) is 23.5 Å². The van der Waals surface area contributed by atoms with E-state index in [-0.39, 0.29) is 0 Å². The van der Waals surface area contributed by atoms with Crippen molar-refractivity contribution in [3.05, 3.63) is 35.4 Å². The van der Waals surface area contributed by atoms with E-state index in [1.54, 1.807) is 0 Å². The fourth-order valence-corrected chi connectivity index (χ4v) is 2.19. The van der Waals surface area contributed by atoms with Crippen LogP contribution in [0.4, 0.5) is 8.78 Å². The number of rotatable bonds is 5. The summed E-state index contributed by atoms with van der Waals surface area (Å²) in [6, 6.07) is 6.06. The van der Waals surface area contributed by atoms with Crippen LogP contribution in [0.3, 0.4) is 0 Å². The van der Waals surface area contributed by atoms with Crippen molar-refractivity contribution in [3.8, 4) is 6.07 Å². The summed E-state index contributed by atoms with van der Waals surface area (Å²) in [5.41, 5.74) is -0.0711. The van der Waals surface area contributed by atoms with Gasteiger partial charge in [-0.25, -0.2) is 8.78 Å². The Hall–Kier alpha value is -1.47. The van der Waals surface area contributed by atoms with Gasteiger partial charge in [0.05, 0.1) is 6.07 Å². The molecule has 2 nitrogen and oxygen atoms in total. The molecule has 18 heavy (non-hydrogen) atoms. The van der Waals surface area contributed by atoms with Crippen molar-refractivity contribution >= 4 is 0 Å². The Labute approximate surface area is 107 Å².